The van der Waals surface area contributed by atoms with E-state index in [9.17, 15) is 9.59 Å². The van der Waals surface area contributed by atoms with Crippen molar-refractivity contribution in [2.45, 2.75) is 13.8 Å². The number of aromatic nitrogens is 1. The van der Waals surface area contributed by atoms with Crippen molar-refractivity contribution in [3.05, 3.63) is 70.0 Å². The summed E-state index contributed by atoms with van der Waals surface area (Å²) >= 11 is 0. The summed E-state index contributed by atoms with van der Waals surface area (Å²) < 4.78 is 6.72. The maximum atomic E-state index is 12.6. The summed E-state index contributed by atoms with van der Waals surface area (Å²) in [5, 5.41) is 0.783. The topological polar surface area (TPSA) is 74.3 Å². The number of hydrogen-bond acceptors (Lipinski definition) is 4. The predicted octanol–water partition coefficient (Wildman–Crippen LogP) is 2.92. The van der Waals surface area contributed by atoms with Gasteiger partial charge in [-0.2, -0.15) is 0 Å². The van der Waals surface area contributed by atoms with Crippen molar-refractivity contribution in [2.75, 3.05) is 12.3 Å². The third-order valence-electron chi connectivity index (χ3n) is 3.90. The van der Waals surface area contributed by atoms with Crippen molar-refractivity contribution in [3.63, 3.8) is 0 Å². The molecule has 5 heteroatoms. The highest BCUT2D eigenvalue weighted by Crippen LogP contribution is 2.18. The van der Waals surface area contributed by atoms with Gasteiger partial charge >= 0.3 is 0 Å². The largest absolute Gasteiger partial charge is 0.483 e. The Kier molecular flexibility index (Phi) is 4.08. The molecule has 2 N–H and O–H groups in total. The van der Waals surface area contributed by atoms with Gasteiger partial charge in [0.1, 0.15) is 5.75 Å². The SMILES string of the molecule is Cc1ccccc1OCC(=O)n1c(=O)c(C)cc2ccc(N)cc21. The first kappa shape index (κ1) is 15.8. The normalized spacial score (nSPS) is 10.8. The number of nitrogens with zero attached hydrogens (tertiary/aromatic N) is 1. The highest BCUT2D eigenvalue weighted by molar-refractivity contribution is 5.93. The number of ether oxygens (including phenoxy) is 1. The molecule has 0 aliphatic rings. The molecule has 5 nitrogen and oxygen atoms in total. The minimum atomic E-state index is -0.428. The number of nitrogen functional groups attached to an aromatic ring is 1. The summed E-state index contributed by atoms with van der Waals surface area (Å²) in [5.41, 5.74) is 7.86. The number of pyridine rings is 1. The molecule has 0 aliphatic carbocycles. The monoisotopic (exact) mass is 322 g/mol. The summed E-state index contributed by atoms with van der Waals surface area (Å²) in [5.74, 6) is 0.193. The molecule has 2 aromatic carbocycles. The van der Waals surface area contributed by atoms with Crippen LogP contribution in [0.1, 0.15) is 15.9 Å². The highest BCUT2D eigenvalue weighted by atomic mass is 16.5. The van der Waals surface area contributed by atoms with Crippen LogP contribution in [0.4, 0.5) is 5.69 Å². The third kappa shape index (κ3) is 2.88. The van der Waals surface area contributed by atoms with E-state index in [1.807, 2.05) is 25.1 Å². The first-order chi connectivity index (χ1) is 11.5. The average Bonchev–Trinajstić information content (AvgIpc) is 2.55. The molecule has 24 heavy (non-hydrogen) atoms. The Morgan fingerprint density at radius 3 is 2.58 bits per heavy atom. The lowest BCUT2D eigenvalue weighted by molar-refractivity contribution is 0.0838. The van der Waals surface area contributed by atoms with Crippen LogP contribution in [0.5, 0.6) is 5.75 Å². The predicted molar refractivity (Wildman–Crippen MR) is 94.7 cm³/mol. The van der Waals surface area contributed by atoms with Crippen molar-refractivity contribution < 1.29 is 9.53 Å². The first-order valence-corrected chi connectivity index (χ1v) is 7.61. The van der Waals surface area contributed by atoms with Crippen molar-refractivity contribution in [2.24, 2.45) is 0 Å². The number of aryl methyl sites for hydroxylation is 2. The van der Waals surface area contributed by atoms with E-state index >= 15 is 0 Å². The Bertz CT molecular complexity index is 990. The lowest BCUT2D eigenvalue weighted by Crippen LogP contribution is -2.32. The molecule has 1 aromatic heterocycles. The zero-order valence-electron chi connectivity index (χ0n) is 13.6. The molecule has 0 aliphatic heterocycles. The Balaban J connectivity index is 2.00. The Labute approximate surface area is 139 Å². The molecular weight excluding hydrogens is 304 g/mol. The molecule has 3 aromatic rings. The van der Waals surface area contributed by atoms with Gasteiger partial charge in [0, 0.05) is 11.3 Å². The molecule has 0 spiro atoms. The van der Waals surface area contributed by atoms with E-state index in [4.69, 9.17) is 10.5 Å². The molecule has 0 atom stereocenters. The minimum Gasteiger partial charge on any atom is -0.483 e. The van der Waals surface area contributed by atoms with Crippen LogP contribution in [0, 0.1) is 13.8 Å². The van der Waals surface area contributed by atoms with E-state index in [1.165, 1.54) is 0 Å². The van der Waals surface area contributed by atoms with Crippen molar-refractivity contribution >= 4 is 22.5 Å². The minimum absolute atomic E-state index is 0.224. The van der Waals surface area contributed by atoms with Gasteiger partial charge in [-0.3, -0.25) is 9.59 Å². The molecule has 0 unspecified atom stereocenters. The molecule has 122 valence electrons. The summed E-state index contributed by atoms with van der Waals surface area (Å²) in [6.07, 6.45) is 0. The first-order valence-electron chi connectivity index (χ1n) is 7.61. The second kappa shape index (κ2) is 6.20. The van der Waals surface area contributed by atoms with E-state index in [1.54, 1.807) is 37.3 Å². The fourth-order valence-electron chi connectivity index (χ4n) is 2.63. The van der Waals surface area contributed by atoms with E-state index < -0.39 is 5.91 Å². The van der Waals surface area contributed by atoms with Gasteiger partial charge in [0.25, 0.3) is 11.5 Å². The number of rotatable bonds is 3. The number of fused-ring (bicyclic) bond motifs is 1. The van der Waals surface area contributed by atoms with Crippen LogP contribution >= 0.6 is 0 Å². The van der Waals surface area contributed by atoms with E-state index in [-0.39, 0.29) is 12.2 Å². The Morgan fingerprint density at radius 2 is 1.83 bits per heavy atom. The van der Waals surface area contributed by atoms with Crippen LogP contribution in [0.25, 0.3) is 10.9 Å². The van der Waals surface area contributed by atoms with Crippen molar-refractivity contribution in [1.82, 2.24) is 4.57 Å². The van der Waals surface area contributed by atoms with E-state index in [0.29, 0.717) is 22.5 Å². The number of para-hydroxylation sites is 1. The lowest BCUT2D eigenvalue weighted by Gasteiger charge is -2.12. The number of anilines is 1. The second-order valence-electron chi connectivity index (χ2n) is 5.73. The van der Waals surface area contributed by atoms with Gasteiger partial charge in [0.2, 0.25) is 0 Å². The zero-order valence-corrected chi connectivity index (χ0v) is 13.6. The van der Waals surface area contributed by atoms with Crippen LogP contribution in [0.2, 0.25) is 0 Å². The average molecular weight is 322 g/mol. The number of nitrogens with two attached hydrogens (primary N) is 1. The quantitative estimate of drug-likeness (QED) is 0.752. The van der Waals surface area contributed by atoms with E-state index in [2.05, 4.69) is 0 Å². The van der Waals surface area contributed by atoms with Crippen LogP contribution in [-0.4, -0.2) is 17.1 Å². The van der Waals surface area contributed by atoms with Gasteiger partial charge in [0.15, 0.2) is 6.61 Å². The maximum Gasteiger partial charge on any atom is 0.271 e. The van der Waals surface area contributed by atoms with Crippen LogP contribution in [0.3, 0.4) is 0 Å². The molecule has 0 amide bonds. The van der Waals surface area contributed by atoms with Gasteiger partial charge in [0.05, 0.1) is 5.52 Å². The van der Waals surface area contributed by atoms with Crippen LogP contribution in [0.15, 0.2) is 53.3 Å². The number of hydrogen-bond donors (Lipinski definition) is 1. The lowest BCUT2D eigenvalue weighted by atomic mass is 10.1. The molecule has 0 radical (unpaired) electrons. The maximum absolute atomic E-state index is 12.6. The van der Waals surface area contributed by atoms with Gasteiger partial charge in [-0.25, -0.2) is 4.57 Å². The molecule has 0 bridgehead atoms. The number of benzene rings is 2. The van der Waals surface area contributed by atoms with Crippen molar-refractivity contribution in [3.8, 4) is 5.75 Å². The van der Waals surface area contributed by atoms with Gasteiger partial charge in [-0.15, -0.1) is 0 Å². The molecule has 1 heterocycles. The Hall–Kier alpha value is -3.08. The highest BCUT2D eigenvalue weighted by Gasteiger charge is 2.15. The summed E-state index contributed by atoms with van der Waals surface area (Å²) in [6.45, 7) is 3.36. The summed E-state index contributed by atoms with van der Waals surface area (Å²) in [6, 6.07) is 14.3. The molecule has 0 fully saturated rings. The summed E-state index contributed by atoms with van der Waals surface area (Å²) in [7, 11) is 0. The number of carbonyl (C=O) groups excluding carboxylic acids is 1. The smallest absolute Gasteiger partial charge is 0.271 e. The van der Waals surface area contributed by atoms with Gasteiger partial charge < -0.3 is 10.5 Å². The fraction of sp³-hybridized carbons (Fsp3) is 0.158. The molecular formula is C19H18N2O3. The molecule has 0 saturated carbocycles. The second-order valence-corrected chi connectivity index (χ2v) is 5.73. The Morgan fingerprint density at radius 1 is 1.08 bits per heavy atom. The van der Waals surface area contributed by atoms with Crippen LogP contribution < -0.4 is 16.0 Å². The number of carbonyl (C=O) groups is 1. The zero-order chi connectivity index (χ0) is 17.3. The fourth-order valence-corrected chi connectivity index (χ4v) is 2.63. The van der Waals surface area contributed by atoms with Gasteiger partial charge in [-0.05, 0) is 49.1 Å². The standard InChI is InChI=1S/C19H18N2O3/c1-12-5-3-4-6-17(12)24-11-18(22)21-16-10-15(20)8-7-14(16)9-13(2)19(21)23/h3-10H,11,20H2,1-2H3. The molecule has 0 saturated heterocycles. The van der Waals surface area contributed by atoms with E-state index in [0.717, 1.165) is 15.5 Å². The van der Waals surface area contributed by atoms with Crippen molar-refractivity contribution in [1.29, 1.82) is 0 Å². The van der Waals surface area contributed by atoms with Gasteiger partial charge in [-0.1, -0.05) is 24.3 Å². The van der Waals surface area contributed by atoms with Crippen LogP contribution in [-0.2, 0) is 0 Å². The molecule has 3 rings (SSSR count). The summed E-state index contributed by atoms with van der Waals surface area (Å²) in [4.78, 5) is 25.1. The third-order valence-corrected chi connectivity index (χ3v) is 3.90.